The standard InChI is InChI=1S/C15H11Cl2N3/c16-11-3-4-13(17)12(7-11)14-9-19-15(20-14)6-10-2-1-5-18-8-10/h1-5,7-9H,6H2,(H,19,20). The molecule has 0 amide bonds. The molecule has 3 rings (SSSR count). The van der Waals surface area contributed by atoms with Crippen LogP contribution in [0.2, 0.25) is 10.0 Å². The number of benzene rings is 1. The van der Waals surface area contributed by atoms with E-state index in [2.05, 4.69) is 15.0 Å². The normalized spacial score (nSPS) is 10.7. The predicted octanol–water partition coefficient (Wildman–Crippen LogP) is 4.37. The lowest BCUT2D eigenvalue weighted by atomic mass is 10.2. The van der Waals surface area contributed by atoms with Crippen LogP contribution in [0.5, 0.6) is 0 Å². The van der Waals surface area contributed by atoms with E-state index in [4.69, 9.17) is 23.2 Å². The predicted molar refractivity (Wildman–Crippen MR) is 81.1 cm³/mol. The molecule has 20 heavy (non-hydrogen) atoms. The highest BCUT2D eigenvalue weighted by Crippen LogP contribution is 2.29. The number of nitrogens with zero attached hydrogens (tertiary/aromatic N) is 2. The molecule has 0 bridgehead atoms. The number of aromatic amines is 1. The second-order valence-electron chi connectivity index (χ2n) is 4.41. The number of rotatable bonds is 3. The minimum absolute atomic E-state index is 0.644. The highest BCUT2D eigenvalue weighted by Gasteiger charge is 2.08. The van der Waals surface area contributed by atoms with Gasteiger partial charge in [-0.3, -0.25) is 4.98 Å². The van der Waals surface area contributed by atoms with Gasteiger partial charge in [0, 0.05) is 29.4 Å². The molecule has 0 aliphatic rings. The van der Waals surface area contributed by atoms with Crippen molar-refractivity contribution in [2.24, 2.45) is 0 Å². The number of H-pyrrole nitrogens is 1. The third-order valence-corrected chi connectivity index (χ3v) is 3.51. The SMILES string of the molecule is Clc1ccc(Cl)c(-c2cnc(Cc3cccnc3)[nH]2)c1. The van der Waals surface area contributed by atoms with E-state index in [1.807, 2.05) is 24.4 Å². The fourth-order valence-corrected chi connectivity index (χ4v) is 2.38. The third kappa shape index (κ3) is 2.84. The van der Waals surface area contributed by atoms with Gasteiger partial charge in [0.25, 0.3) is 0 Å². The van der Waals surface area contributed by atoms with Gasteiger partial charge in [0.15, 0.2) is 0 Å². The summed E-state index contributed by atoms with van der Waals surface area (Å²) in [4.78, 5) is 11.7. The molecule has 0 fully saturated rings. The molecule has 0 unspecified atom stereocenters. The van der Waals surface area contributed by atoms with Crippen molar-refractivity contribution in [2.75, 3.05) is 0 Å². The molecule has 3 nitrogen and oxygen atoms in total. The average Bonchev–Trinajstić information content (AvgIpc) is 2.91. The molecule has 2 aromatic heterocycles. The lowest BCUT2D eigenvalue weighted by molar-refractivity contribution is 1.01. The summed E-state index contributed by atoms with van der Waals surface area (Å²) in [5, 5.41) is 1.29. The van der Waals surface area contributed by atoms with Crippen LogP contribution in [0.15, 0.2) is 48.9 Å². The number of hydrogen-bond acceptors (Lipinski definition) is 2. The molecule has 0 spiro atoms. The first-order chi connectivity index (χ1) is 9.72. The summed E-state index contributed by atoms with van der Waals surface area (Å²) < 4.78 is 0. The maximum atomic E-state index is 6.18. The first-order valence-electron chi connectivity index (χ1n) is 6.10. The van der Waals surface area contributed by atoms with E-state index < -0.39 is 0 Å². The van der Waals surface area contributed by atoms with E-state index in [9.17, 15) is 0 Å². The van der Waals surface area contributed by atoms with E-state index in [0.717, 1.165) is 22.6 Å². The maximum absolute atomic E-state index is 6.18. The van der Waals surface area contributed by atoms with E-state index in [1.54, 1.807) is 24.5 Å². The van der Waals surface area contributed by atoms with Gasteiger partial charge in [0.1, 0.15) is 5.82 Å². The van der Waals surface area contributed by atoms with Gasteiger partial charge in [-0.05, 0) is 29.8 Å². The van der Waals surface area contributed by atoms with Crippen LogP contribution in [0.4, 0.5) is 0 Å². The Morgan fingerprint density at radius 3 is 2.80 bits per heavy atom. The summed E-state index contributed by atoms with van der Waals surface area (Å²) >= 11 is 12.2. The molecule has 0 atom stereocenters. The first kappa shape index (κ1) is 13.2. The van der Waals surface area contributed by atoms with Crippen molar-refractivity contribution < 1.29 is 0 Å². The summed E-state index contributed by atoms with van der Waals surface area (Å²) in [6, 6.07) is 9.29. The quantitative estimate of drug-likeness (QED) is 0.780. The van der Waals surface area contributed by atoms with Crippen molar-refractivity contribution >= 4 is 23.2 Å². The van der Waals surface area contributed by atoms with Crippen LogP contribution < -0.4 is 0 Å². The Balaban J connectivity index is 1.88. The van der Waals surface area contributed by atoms with Gasteiger partial charge in [-0.15, -0.1) is 0 Å². The van der Waals surface area contributed by atoms with Gasteiger partial charge in [0.2, 0.25) is 0 Å². The van der Waals surface area contributed by atoms with Crippen LogP contribution in [-0.2, 0) is 6.42 Å². The molecular weight excluding hydrogens is 293 g/mol. The summed E-state index contributed by atoms with van der Waals surface area (Å²) in [6.45, 7) is 0. The molecule has 0 aliphatic carbocycles. The van der Waals surface area contributed by atoms with Crippen molar-refractivity contribution in [1.82, 2.24) is 15.0 Å². The smallest absolute Gasteiger partial charge is 0.110 e. The maximum Gasteiger partial charge on any atom is 0.110 e. The summed E-state index contributed by atoms with van der Waals surface area (Å²) in [5.74, 6) is 0.865. The molecule has 100 valence electrons. The van der Waals surface area contributed by atoms with Gasteiger partial charge < -0.3 is 4.98 Å². The monoisotopic (exact) mass is 303 g/mol. The second-order valence-corrected chi connectivity index (χ2v) is 5.25. The van der Waals surface area contributed by atoms with Crippen LogP contribution in [-0.4, -0.2) is 15.0 Å². The average molecular weight is 304 g/mol. The van der Waals surface area contributed by atoms with E-state index in [-0.39, 0.29) is 0 Å². The Morgan fingerprint density at radius 2 is 2.00 bits per heavy atom. The van der Waals surface area contributed by atoms with Crippen LogP contribution in [0.3, 0.4) is 0 Å². The molecule has 0 aliphatic heterocycles. The zero-order valence-corrected chi connectivity index (χ0v) is 12.0. The molecule has 0 radical (unpaired) electrons. The molecule has 3 aromatic rings. The topological polar surface area (TPSA) is 41.6 Å². The fraction of sp³-hybridized carbons (Fsp3) is 0.0667. The Labute approximate surface area is 126 Å². The zero-order chi connectivity index (χ0) is 13.9. The van der Waals surface area contributed by atoms with Gasteiger partial charge in [-0.2, -0.15) is 0 Å². The van der Waals surface area contributed by atoms with Crippen molar-refractivity contribution in [2.45, 2.75) is 6.42 Å². The number of hydrogen-bond donors (Lipinski definition) is 1. The number of pyridine rings is 1. The Hall–Kier alpha value is -1.84. The molecule has 0 saturated heterocycles. The zero-order valence-electron chi connectivity index (χ0n) is 10.5. The van der Waals surface area contributed by atoms with Crippen LogP contribution in [0.25, 0.3) is 11.3 Å². The summed E-state index contributed by atoms with van der Waals surface area (Å²) in [5.41, 5.74) is 2.81. The summed E-state index contributed by atoms with van der Waals surface area (Å²) in [6.07, 6.45) is 6.05. The minimum atomic E-state index is 0.644. The van der Waals surface area contributed by atoms with Gasteiger partial charge in [-0.25, -0.2) is 4.98 Å². The van der Waals surface area contributed by atoms with E-state index >= 15 is 0 Å². The Bertz CT molecular complexity index is 723. The lowest BCUT2D eigenvalue weighted by Gasteiger charge is -2.02. The first-order valence-corrected chi connectivity index (χ1v) is 6.86. The van der Waals surface area contributed by atoms with Crippen molar-refractivity contribution in [3.63, 3.8) is 0 Å². The number of halogens is 2. The lowest BCUT2D eigenvalue weighted by Crippen LogP contribution is -1.91. The van der Waals surface area contributed by atoms with E-state index in [1.165, 1.54) is 0 Å². The third-order valence-electron chi connectivity index (χ3n) is 2.94. The summed E-state index contributed by atoms with van der Waals surface area (Å²) in [7, 11) is 0. The Morgan fingerprint density at radius 1 is 1.10 bits per heavy atom. The molecule has 2 heterocycles. The molecule has 1 N–H and O–H groups in total. The van der Waals surface area contributed by atoms with Crippen LogP contribution in [0, 0.1) is 0 Å². The minimum Gasteiger partial charge on any atom is -0.342 e. The fourth-order valence-electron chi connectivity index (χ4n) is 1.99. The van der Waals surface area contributed by atoms with E-state index in [0.29, 0.717) is 16.5 Å². The Kier molecular flexibility index (Phi) is 3.72. The molecule has 5 heteroatoms. The number of aromatic nitrogens is 3. The highest BCUT2D eigenvalue weighted by atomic mass is 35.5. The number of imidazole rings is 1. The van der Waals surface area contributed by atoms with Gasteiger partial charge in [0.05, 0.1) is 16.9 Å². The van der Waals surface area contributed by atoms with Gasteiger partial charge >= 0.3 is 0 Å². The largest absolute Gasteiger partial charge is 0.342 e. The van der Waals surface area contributed by atoms with Gasteiger partial charge in [-0.1, -0.05) is 29.3 Å². The number of nitrogens with one attached hydrogen (secondary N) is 1. The molecular formula is C15H11Cl2N3. The molecule has 0 saturated carbocycles. The van der Waals surface area contributed by atoms with Crippen LogP contribution in [0.1, 0.15) is 11.4 Å². The molecule has 1 aromatic carbocycles. The van der Waals surface area contributed by atoms with Crippen molar-refractivity contribution in [3.05, 3.63) is 70.4 Å². The highest BCUT2D eigenvalue weighted by molar-refractivity contribution is 6.35. The second kappa shape index (κ2) is 5.65. The van der Waals surface area contributed by atoms with Crippen LogP contribution >= 0.6 is 23.2 Å². The van der Waals surface area contributed by atoms with Crippen molar-refractivity contribution in [1.29, 1.82) is 0 Å². The van der Waals surface area contributed by atoms with Crippen molar-refractivity contribution in [3.8, 4) is 11.3 Å².